The lowest BCUT2D eigenvalue weighted by Crippen LogP contribution is -2.44. The maximum Gasteiger partial charge on any atom is 0.243 e. The highest BCUT2D eigenvalue weighted by Crippen LogP contribution is 2.22. The van der Waals surface area contributed by atoms with Crippen molar-refractivity contribution in [3.8, 4) is 0 Å². The van der Waals surface area contributed by atoms with Crippen LogP contribution in [-0.4, -0.2) is 27.3 Å². The number of carbonyl (C=O) groups is 2. The number of rotatable bonds is 5. The Labute approximate surface area is 148 Å². The van der Waals surface area contributed by atoms with E-state index in [1.165, 1.54) is 5.56 Å². The SMILES string of the molecule is Cc1ccc(CN2C(=O)CCC2C(=O)NCc2ccc(C)n2C)cc1. The molecule has 1 aliphatic rings. The fourth-order valence-electron chi connectivity index (χ4n) is 3.23. The highest BCUT2D eigenvalue weighted by Gasteiger charge is 2.35. The lowest BCUT2D eigenvalue weighted by Gasteiger charge is -2.24. The number of likely N-dealkylation sites (tertiary alicyclic amines) is 1. The molecule has 1 N–H and O–H groups in total. The summed E-state index contributed by atoms with van der Waals surface area (Å²) in [7, 11) is 1.99. The highest BCUT2D eigenvalue weighted by molar-refractivity contribution is 5.90. The number of aryl methyl sites for hydroxylation is 2. The van der Waals surface area contributed by atoms with E-state index in [1.807, 2.05) is 57.3 Å². The van der Waals surface area contributed by atoms with Gasteiger partial charge in [-0.25, -0.2) is 0 Å². The van der Waals surface area contributed by atoms with E-state index in [0.717, 1.165) is 17.0 Å². The number of amides is 2. The number of benzene rings is 1. The summed E-state index contributed by atoms with van der Waals surface area (Å²) in [4.78, 5) is 26.6. The normalized spacial score (nSPS) is 17.2. The van der Waals surface area contributed by atoms with Gasteiger partial charge in [0.05, 0.1) is 6.54 Å². The fourth-order valence-corrected chi connectivity index (χ4v) is 3.23. The molecule has 0 aliphatic carbocycles. The van der Waals surface area contributed by atoms with Crippen LogP contribution in [0.15, 0.2) is 36.4 Å². The van der Waals surface area contributed by atoms with E-state index >= 15 is 0 Å². The molecular formula is C20H25N3O2. The van der Waals surface area contributed by atoms with Gasteiger partial charge >= 0.3 is 0 Å². The highest BCUT2D eigenvalue weighted by atomic mass is 16.2. The Balaban J connectivity index is 1.65. The number of aromatic nitrogens is 1. The van der Waals surface area contributed by atoms with Crippen molar-refractivity contribution in [1.29, 1.82) is 0 Å². The van der Waals surface area contributed by atoms with Gasteiger partial charge in [-0.3, -0.25) is 9.59 Å². The molecular weight excluding hydrogens is 314 g/mol. The summed E-state index contributed by atoms with van der Waals surface area (Å²) in [5.41, 5.74) is 4.45. The molecule has 2 heterocycles. The van der Waals surface area contributed by atoms with Gasteiger partial charge < -0.3 is 14.8 Å². The number of hydrogen-bond acceptors (Lipinski definition) is 2. The van der Waals surface area contributed by atoms with Crippen LogP contribution in [0.5, 0.6) is 0 Å². The Kier molecular flexibility index (Phi) is 4.93. The number of nitrogens with one attached hydrogen (secondary N) is 1. The van der Waals surface area contributed by atoms with Crippen LogP contribution in [0.3, 0.4) is 0 Å². The molecule has 1 aliphatic heterocycles. The van der Waals surface area contributed by atoms with Crippen molar-refractivity contribution in [1.82, 2.24) is 14.8 Å². The maximum atomic E-state index is 12.6. The van der Waals surface area contributed by atoms with Crippen molar-refractivity contribution < 1.29 is 9.59 Å². The van der Waals surface area contributed by atoms with Crippen LogP contribution in [0.25, 0.3) is 0 Å². The average molecular weight is 339 g/mol. The summed E-state index contributed by atoms with van der Waals surface area (Å²) in [5.74, 6) is -0.0211. The van der Waals surface area contributed by atoms with Gasteiger partial charge in [0, 0.05) is 31.4 Å². The molecule has 5 heteroatoms. The number of hydrogen-bond donors (Lipinski definition) is 1. The molecule has 3 rings (SSSR count). The van der Waals surface area contributed by atoms with Gasteiger partial charge in [0.25, 0.3) is 0 Å². The van der Waals surface area contributed by atoms with Crippen LogP contribution < -0.4 is 5.32 Å². The van der Waals surface area contributed by atoms with Crippen LogP contribution in [-0.2, 0) is 29.7 Å². The first-order valence-electron chi connectivity index (χ1n) is 8.69. The molecule has 5 nitrogen and oxygen atoms in total. The van der Waals surface area contributed by atoms with Crippen molar-refractivity contribution in [2.75, 3.05) is 0 Å². The minimum atomic E-state index is -0.379. The molecule has 1 aromatic heterocycles. The second-order valence-electron chi connectivity index (χ2n) is 6.80. The van der Waals surface area contributed by atoms with E-state index in [9.17, 15) is 9.59 Å². The van der Waals surface area contributed by atoms with Crippen molar-refractivity contribution in [2.24, 2.45) is 7.05 Å². The first-order valence-corrected chi connectivity index (χ1v) is 8.69. The summed E-state index contributed by atoms with van der Waals surface area (Å²) in [6.45, 7) is 5.03. The Morgan fingerprint density at radius 1 is 1.16 bits per heavy atom. The van der Waals surface area contributed by atoms with Crippen molar-refractivity contribution in [2.45, 2.75) is 45.8 Å². The van der Waals surface area contributed by atoms with Gasteiger partial charge in [-0.05, 0) is 38.0 Å². The van der Waals surface area contributed by atoms with Crippen LogP contribution in [0.2, 0.25) is 0 Å². The molecule has 2 aromatic rings. The molecule has 1 saturated heterocycles. The van der Waals surface area contributed by atoms with Crippen molar-refractivity contribution >= 4 is 11.8 Å². The van der Waals surface area contributed by atoms with E-state index in [4.69, 9.17) is 0 Å². The first-order chi connectivity index (χ1) is 12.0. The average Bonchev–Trinajstić information content (AvgIpc) is 3.11. The van der Waals surface area contributed by atoms with E-state index < -0.39 is 0 Å². The standard InChI is InChI=1S/C20H25N3O2/c1-14-4-7-16(8-5-14)13-23-18(10-11-19(23)24)20(25)21-12-17-9-6-15(2)22(17)3/h4-9,18H,10-13H2,1-3H3,(H,21,25). The van der Waals surface area contributed by atoms with Gasteiger partial charge in [-0.2, -0.15) is 0 Å². The van der Waals surface area contributed by atoms with Gasteiger partial charge in [-0.1, -0.05) is 29.8 Å². The smallest absolute Gasteiger partial charge is 0.243 e. The summed E-state index contributed by atoms with van der Waals surface area (Å²) < 4.78 is 2.06. The van der Waals surface area contributed by atoms with E-state index in [1.54, 1.807) is 4.90 Å². The van der Waals surface area contributed by atoms with E-state index in [2.05, 4.69) is 9.88 Å². The third kappa shape index (κ3) is 3.76. The van der Waals surface area contributed by atoms with Gasteiger partial charge in [0.1, 0.15) is 6.04 Å². The molecule has 1 unspecified atom stereocenters. The Hall–Kier alpha value is -2.56. The van der Waals surface area contributed by atoms with Gasteiger partial charge in [0.2, 0.25) is 11.8 Å². The summed E-state index contributed by atoms with van der Waals surface area (Å²) in [5, 5.41) is 2.99. The van der Waals surface area contributed by atoms with E-state index in [0.29, 0.717) is 25.9 Å². The Morgan fingerprint density at radius 3 is 2.52 bits per heavy atom. The molecule has 0 saturated carbocycles. The third-order valence-electron chi connectivity index (χ3n) is 5.02. The quantitative estimate of drug-likeness (QED) is 0.910. The molecule has 25 heavy (non-hydrogen) atoms. The summed E-state index contributed by atoms with van der Waals surface area (Å²) in [6.07, 6.45) is 1.02. The minimum absolute atomic E-state index is 0.0513. The third-order valence-corrected chi connectivity index (χ3v) is 5.02. The molecule has 1 fully saturated rings. The maximum absolute atomic E-state index is 12.6. The van der Waals surface area contributed by atoms with Gasteiger partial charge in [-0.15, -0.1) is 0 Å². The zero-order chi connectivity index (χ0) is 18.0. The van der Waals surface area contributed by atoms with Crippen LogP contribution in [0, 0.1) is 13.8 Å². The number of nitrogens with zero attached hydrogens (tertiary/aromatic N) is 2. The molecule has 2 amide bonds. The molecule has 132 valence electrons. The minimum Gasteiger partial charge on any atom is -0.350 e. The van der Waals surface area contributed by atoms with Crippen LogP contribution in [0.1, 0.15) is 35.4 Å². The summed E-state index contributed by atoms with van der Waals surface area (Å²) in [6, 6.07) is 11.8. The number of carbonyl (C=O) groups excluding carboxylic acids is 2. The largest absolute Gasteiger partial charge is 0.350 e. The second-order valence-corrected chi connectivity index (χ2v) is 6.80. The summed E-state index contributed by atoms with van der Waals surface area (Å²) >= 11 is 0. The van der Waals surface area contributed by atoms with Crippen molar-refractivity contribution in [3.63, 3.8) is 0 Å². The predicted molar refractivity (Wildman–Crippen MR) is 96.7 cm³/mol. The molecule has 0 spiro atoms. The van der Waals surface area contributed by atoms with Gasteiger partial charge in [0.15, 0.2) is 0 Å². The van der Waals surface area contributed by atoms with Crippen molar-refractivity contribution in [3.05, 3.63) is 58.9 Å². The zero-order valence-electron chi connectivity index (χ0n) is 15.1. The van der Waals surface area contributed by atoms with Crippen LogP contribution >= 0.6 is 0 Å². The lowest BCUT2D eigenvalue weighted by molar-refractivity contribution is -0.135. The lowest BCUT2D eigenvalue weighted by atomic mass is 10.1. The monoisotopic (exact) mass is 339 g/mol. The van der Waals surface area contributed by atoms with Crippen LogP contribution in [0.4, 0.5) is 0 Å². The first kappa shape index (κ1) is 17.3. The molecule has 1 atom stereocenters. The predicted octanol–water partition coefficient (Wildman–Crippen LogP) is 2.45. The second kappa shape index (κ2) is 7.13. The topological polar surface area (TPSA) is 54.3 Å². The molecule has 1 aromatic carbocycles. The molecule has 0 radical (unpaired) electrons. The fraction of sp³-hybridized carbons (Fsp3) is 0.400. The van der Waals surface area contributed by atoms with E-state index in [-0.39, 0.29) is 17.9 Å². The zero-order valence-corrected chi connectivity index (χ0v) is 15.1. The Bertz CT molecular complexity index is 777. The Morgan fingerprint density at radius 2 is 1.88 bits per heavy atom. The molecule has 0 bridgehead atoms.